The smallest absolute Gasteiger partial charge is 0.0639 e. The highest BCUT2D eigenvalue weighted by Gasteiger charge is 2.21. The van der Waals surface area contributed by atoms with Crippen LogP contribution in [0.2, 0.25) is 0 Å². The van der Waals surface area contributed by atoms with Gasteiger partial charge in [0.25, 0.3) is 0 Å². The molecule has 1 heterocycles. The van der Waals surface area contributed by atoms with Crippen LogP contribution in [0.4, 0.5) is 0 Å². The number of likely N-dealkylation sites (tertiary alicyclic amines) is 1. The van der Waals surface area contributed by atoms with Gasteiger partial charge in [0.05, 0.1) is 6.10 Å². The number of aliphatic hydroxyl groups is 1. The highest BCUT2D eigenvalue weighted by atomic mass is 16.3. The van der Waals surface area contributed by atoms with Gasteiger partial charge < -0.3 is 5.11 Å². The van der Waals surface area contributed by atoms with E-state index in [4.69, 9.17) is 0 Å². The summed E-state index contributed by atoms with van der Waals surface area (Å²) in [5.74, 6) is 0. The summed E-state index contributed by atoms with van der Waals surface area (Å²) >= 11 is 0. The Morgan fingerprint density at radius 1 is 1.46 bits per heavy atom. The second-order valence-electron chi connectivity index (χ2n) is 4.28. The van der Waals surface area contributed by atoms with Crippen LogP contribution in [0.1, 0.15) is 46.0 Å². The quantitative estimate of drug-likeness (QED) is 0.724. The molecule has 0 saturated carbocycles. The fourth-order valence-electron chi connectivity index (χ4n) is 2.30. The maximum Gasteiger partial charge on any atom is 0.0639 e. The molecule has 1 N–H and O–H groups in total. The van der Waals surface area contributed by atoms with Crippen LogP contribution in [0.5, 0.6) is 0 Å². The van der Waals surface area contributed by atoms with E-state index in [0.29, 0.717) is 0 Å². The maximum absolute atomic E-state index is 9.35. The van der Waals surface area contributed by atoms with Crippen LogP contribution in [0, 0.1) is 0 Å². The molecule has 2 heteroatoms. The molecule has 0 bridgehead atoms. The zero-order valence-corrected chi connectivity index (χ0v) is 9.00. The van der Waals surface area contributed by atoms with Crippen LogP contribution in [0.3, 0.4) is 0 Å². The Morgan fingerprint density at radius 3 is 2.85 bits per heavy atom. The van der Waals surface area contributed by atoms with E-state index in [0.717, 1.165) is 12.6 Å². The normalized spacial score (nSPS) is 27.5. The molecule has 0 spiro atoms. The van der Waals surface area contributed by atoms with E-state index in [1.54, 1.807) is 0 Å². The molecule has 2 atom stereocenters. The molecule has 2 unspecified atom stereocenters. The van der Waals surface area contributed by atoms with E-state index in [-0.39, 0.29) is 6.10 Å². The first kappa shape index (κ1) is 11.0. The zero-order valence-electron chi connectivity index (χ0n) is 9.00. The van der Waals surface area contributed by atoms with Gasteiger partial charge in [0.2, 0.25) is 0 Å². The first-order valence-corrected chi connectivity index (χ1v) is 5.66. The van der Waals surface area contributed by atoms with Gasteiger partial charge in [-0.05, 0) is 32.7 Å². The fourth-order valence-corrected chi connectivity index (χ4v) is 2.30. The Hall–Kier alpha value is -0.0800. The summed E-state index contributed by atoms with van der Waals surface area (Å²) in [6.45, 7) is 6.19. The molecule has 1 aliphatic rings. The van der Waals surface area contributed by atoms with Gasteiger partial charge in [0.1, 0.15) is 0 Å². The minimum atomic E-state index is -0.169. The summed E-state index contributed by atoms with van der Waals surface area (Å²) in [5, 5.41) is 9.35. The Kier molecular flexibility index (Phi) is 4.74. The number of aliphatic hydroxyl groups excluding tert-OH is 1. The van der Waals surface area contributed by atoms with Crippen molar-refractivity contribution in [3.05, 3.63) is 0 Å². The molecule has 0 amide bonds. The summed E-state index contributed by atoms with van der Waals surface area (Å²) in [7, 11) is 0. The van der Waals surface area contributed by atoms with Gasteiger partial charge in [-0.3, -0.25) is 4.90 Å². The molecule has 13 heavy (non-hydrogen) atoms. The molecule has 0 aromatic rings. The second kappa shape index (κ2) is 5.61. The van der Waals surface area contributed by atoms with E-state index >= 15 is 0 Å². The third-order valence-electron chi connectivity index (χ3n) is 2.87. The highest BCUT2D eigenvalue weighted by molar-refractivity contribution is 4.77. The van der Waals surface area contributed by atoms with E-state index in [1.165, 1.54) is 38.6 Å². The first-order chi connectivity index (χ1) is 6.24. The van der Waals surface area contributed by atoms with Gasteiger partial charge in [-0.15, -0.1) is 0 Å². The van der Waals surface area contributed by atoms with Crippen molar-refractivity contribution in [1.82, 2.24) is 4.90 Å². The molecule has 1 saturated heterocycles. The topological polar surface area (TPSA) is 23.5 Å². The lowest BCUT2D eigenvalue weighted by atomic mass is 9.98. The molecule has 78 valence electrons. The number of β-amino-alcohol motifs (C(OH)–C–C–N with tert-alkyl or cyclic N) is 1. The molecular formula is C11H23NO. The van der Waals surface area contributed by atoms with E-state index in [2.05, 4.69) is 11.8 Å². The van der Waals surface area contributed by atoms with Crippen LogP contribution in [-0.4, -0.2) is 35.2 Å². The van der Waals surface area contributed by atoms with Gasteiger partial charge in [0.15, 0.2) is 0 Å². The number of rotatable bonds is 4. The van der Waals surface area contributed by atoms with Crippen molar-refractivity contribution in [3.63, 3.8) is 0 Å². The fraction of sp³-hybridized carbons (Fsp3) is 1.00. The molecule has 1 fully saturated rings. The summed E-state index contributed by atoms with van der Waals surface area (Å²) in [6.07, 6.45) is 6.42. The van der Waals surface area contributed by atoms with Crippen molar-refractivity contribution in [2.45, 2.75) is 58.1 Å². The molecule has 0 radical (unpaired) electrons. The van der Waals surface area contributed by atoms with Crippen LogP contribution in [0.15, 0.2) is 0 Å². The molecule has 2 nitrogen and oxygen atoms in total. The second-order valence-corrected chi connectivity index (χ2v) is 4.28. The molecular weight excluding hydrogens is 162 g/mol. The molecule has 1 aliphatic heterocycles. The van der Waals surface area contributed by atoms with Gasteiger partial charge in [-0.25, -0.2) is 0 Å². The van der Waals surface area contributed by atoms with E-state index in [1.807, 2.05) is 6.92 Å². The minimum absolute atomic E-state index is 0.169. The van der Waals surface area contributed by atoms with Gasteiger partial charge in [-0.2, -0.15) is 0 Å². The van der Waals surface area contributed by atoms with Crippen molar-refractivity contribution in [1.29, 1.82) is 0 Å². The standard InChI is InChI=1S/C11H23NO/c1-3-6-11-7-4-5-8-12(11)9-10(2)13/h10-11,13H,3-9H2,1-2H3. The highest BCUT2D eigenvalue weighted by Crippen LogP contribution is 2.20. The molecule has 0 aromatic carbocycles. The summed E-state index contributed by atoms with van der Waals surface area (Å²) in [6, 6.07) is 0.744. The Labute approximate surface area is 81.9 Å². The number of hydrogen-bond donors (Lipinski definition) is 1. The van der Waals surface area contributed by atoms with Crippen LogP contribution >= 0.6 is 0 Å². The maximum atomic E-state index is 9.35. The zero-order chi connectivity index (χ0) is 9.68. The average molecular weight is 185 g/mol. The third-order valence-corrected chi connectivity index (χ3v) is 2.87. The number of hydrogen-bond acceptors (Lipinski definition) is 2. The van der Waals surface area contributed by atoms with Crippen molar-refractivity contribution in [2.24, 2.45) is 0 Å². The number of piperidine rings is 1. The lowest BCUT2D eigenvalue weighted by Gasteiger charge is -2.36. The molecule has 0 aromatic heterocycles. The lowest BCUT2D eigenvalue weighted by molar-refractivity contribution is 0.0726. The summed E-state index contributed by atoms with van der Waals surface area (Å²) in [4.78, 5) is 2.47. The van der Waals surface area contributed by atoms with Crippen molar-refractivity contribution >= 4 is 0 Å². The predicted octanol–water partition coefficient (Wildman–Crippen LogP) is 2.02. The van der Waals surface area contributed by atoms with Crippen LogP contribution < -0.4 is 0 Å². The molecule has 1 rings (SSSR count). The van der Waals surface area contributed by atoms with Crippen molar-refractivity contribution in [3.8, 4) is 0 Å². The van der Waals surface area contributed by atoms with Crippen molar-refractivity contribution in [2.75, 3.05) is 13.1 Å². The summed E-state index contributed by atoms with van der Waals surface area (Å²) in [5.41, 5.74) is 0. The van der Waals surface area contributed by atoms with Gasteiger partial charge in [-0.1, -0.05) is 19.8 Å². The van der Waals surface area contributed by atoms with Crippen molar-refractivity contribution < 1.29 is 5.11 Å². The monoisotopic (exact) mass is 185 g/mol. The van der Waals surface area contributed by atoms with E-state index < -0.39 is 0 Å². The largest absolute Gasteiger partial charge is 0.392 e. The lowest BCUT2D eigenvalue weighted by Crippen LogP contribution is -2.43. The Balaban J connectivity index is 2.36. The SMILES string of the molecule is CCCC1CCCCN1CC(C)O. The summed E-state index contributed by atoms with van der Waals surface area (Å²) < 4.78 is 0. The van der Waals surface area contributed by atoms with Gasteiger partial charge >= 0.3 is 0 Å². The molecule has 0 aliphatic carbocycles. The average Bonchev–Trinajstić information content (AvgIpc) is 2.08. The van der Waals surface area contributed by atoms with Crippen LogP contribution in [-0.2, 0) is 0 Å². The Bertz CT molecular complexity index is 134. The third kappa shape index (κ3) is 3.65. The van der Waals surface area contributed by atoms with E-state index in [9.17, 15) is 5.11 Å². The van der Waals surface area contributed by atoms with Crippen LogP contribution in [0.25, 0.3) is 0 Å². The first-order valence-electron chi connectivity index (χ1n) is 5.66. The number of nitrogens with zero attached hydrogens (tertiary/aromatic N) is 1. The Morgan fingerprint density at radius 2 is 2.23 bits per heavy atom. The van der Waals surface area contributed by atoms with Gasteiger partial charge in [0, 0.05) is 12.6 Å². The minimum Gasteiger partial charge on any atom is -0.392 e. The predicted molar refractivity (Wildman–Crippen MR) is 55.8 cm³/mol.